The van der Waals surface area contributed by atoms with E-state index in [0.717, 1.165) is 17.0 Å². The Labute approximate surface area is 75.1 Å². The van der Waals surface area contributed by atoms with E-state index < -0.39 is 0 Å². The van der Waals surface area contributed by atoms with Crippen LogP contribution in [0.25, 0.3) is 0 Å². The summed E-state index contributed by atoms with van der Waals surface area (Å²) in [5, 5.41) is 3.26. The van der Waals surface area contributed by atoms with Crippen LogP contribution < -0.4 is 5.32 Å². The van der Waals surface area contributed by atoms with Crippen LogP contribution in [0.3, 0.4) is 0 Å². The lowest BCUT2D eigenvalue weighted by Crippen LogP contribution is -2.21. The number of rotatable bonds is 3. The fraction of sp³-hybridized carbons (Fsp3) is 0.500. The highest BCUT2D eigenvalue weighted by Crippen LogP contribution is 2.13. The monoisotopic (exact) mass is 217 g/mol. The fourth-order valence-electron chi connectivity index (χ4n) is 0.751. The molecule has 0 aliphatic heterocycles. The van der Waals surface area contributed by atoms with Gasteiger partial charge in [-0.1, -0.05) is 13.8 Å². The highest BCUT2D eigenvalue weighted by Gasteiger charge is 1.98. The number of hydrogen-bond donors (Lipinski definition) is 1. The van der Waals surface area contributed by atoms with Crippen molar-refractivity contribution in [1.82, 2.24) is 5.32 Å². The molecule has 0 fully saturated rings. The van der Waals surface area contributed by atoms with Gasteiger partial charge in [-0.05, 0) is 28.1 Å². The van der Waals surface area contributed by atoms with E-state index in [1.807, 2.05) is 12.1 Å². The average molecular weight is 218 g/mol. The van der Waals surface area contributed by atoms with Gasteiger partial charge < -0.3 is 9.73 Å². The van der Waals surface area contributed by atoms with Gasteiger partial charge in [-0.3, -0.25) is 0 Å². The van der Waals surface area contributed by atoms with Crippen molar-refractivity contribution in [3.8, 4) is 0 Å². The zero-order chi connectivity index (χ0) is 8.27. The zero-order valence-electron chi connectivity index (χ0n) is 6.73. The minimum Gasteiger partial charge on any atom is -0.453 e. The molecule has 0 saturated carbocycles. The second-order valence-electron chi connectivity index (χ2n) is 2.74. The first-order chi connectivity index (χ1) is 5.18. The molecule has 0 aliphatic rings. The first-order valence-electron chi connectivity index (χ1n) is 3.66. The van der Waals surface area contributed by atoms with E-state index in [0.29, 0.717) is 6.04 Å². The first-order valence-corrected chi connectivity index (χ1v) is 4.45. The van der Waals surface area contributed by atoms with Crippen LogP contribution in [0, 0.1) is 0 Å². The smallest absolute Gasteiger partial charge is 0.169 e. The molecule has 0 saturated heterocycles. The highest BCUT2D eigenvalue weighted by atomic mass is 79.9. The second-order valence-corrected chi connectivity index (χ2v) is 3.52. The van der Waals surface area contributed by atoms with Gasteiger partial charge in [0.15, 0.2) is 4.67 Å². The molecule has 62 valence electrons. The molecule has 0 amide bonds. The first kappa shape index (κ1) is 8.81. The topological polar surface area (TPSA) is 25.2 Å². The van der Waals surface area contributed by atoms with Crippen molar-refractivity contribution in [2.75, 3.05) is 0 Å². The quantitative estimate of drug-likeness (QED) is 0.843. The lowest BCUT2D eigenvalue weighted by molar-refractivity contribution is 0.450. The Bertz CT molecular complexity index is 220. The molecule has 0 radical (unpaired) electrons. The van der Waals surface area contributed by atoms with Crippen molar-refractivity contribution in [3.63, 3.8) is 0 Å². The van der Waals surface area contributed by atoms with Gasteiger partial charge in [0.05, 0.1) is 6.54 Å². The minimum atomic E-state index is 0.499. The van der Waals surface area contributed by atoms with Crippen molar-refractivity contribution in [1.29, 1.82) is 0 Å². The van der Waals surface area contributed by atoms with Crippen LogP contribution in [0.15, 0.2) is 21.2 Å². The van der Waals surface area contributed by atoms with Crippen molar-refractivity contribution in [2.45, 2.75) is 26.4 Å². The van der Waals surface area contributed by atoms with Crippen LogP contribution in [0.5, 0.6) is 0 Å². The van der Waals surface area contributed by atoms with E-state index in [-0.39, 0.29) is 0 Å². The number of halogens is 1. The third-order valence-corrected chi connectivity index (χ3v) is 1.74. The van der Waals surface area contributed by atoms with Crippen molar-refractivity contribution in [2.24, 2.45) is 0 Å². The zero-order valence-corrected chi connectivity index (χ0v) is 8.31. The van der Waals surface area contributed by atoms with E-state index in [2.05, 4.69) is 35.1 Å². The van der Waals surface area contributed by atoms with Crippen LogP contribution in [0.2, 0.25) is 0 Å². The molecule has 1 rings (SSSR count). The summed E-state index contributed by atoms with van der Waals surface area (Å²) < 4.78 is 6.08. The summed E-state index contributed by atoms with van der Waals surface area (Å²) in [5.41, 5.74) is 0. The Morgan fingerprint density at radius 1 is 1.55 bits per heavy atom. The molecule has 0 spiro atoms. The summed E-state index contributed by atoms with van der Waals surface area (Å²) in [4.78, 5) is 0. The maximum Gasteiger partial charge on any atom is 0.169 e. The van der Waals surface area contributed by atoms with E-state index >= 15 is 0 Å². The summed E-state index contributed by atoms with van der Waals surface area (Å²) in [6.45, 7) is 5.01. The molecule has 1 N–H and O–H groups in total. The van der Waals surface area contributed by atoms with Crippen molar-refractivity contribution < 1.29 is 4.42 Å². The molecule has 0 aromatic carbocycles. The maximum absolute atomic E-state index is 5.29. The standard InChI is InChI=1S/C8H12BrNO/c1-6(2)10-5-7-3-4-8(9)11-7/h3-4,6,10H,5H2,1-2H3. The predicted molar refractivity (Wildman–Crippen MR) is 48.4 cm³/mol. The Hall–Kier alpha value is -0.280. The van der Waals surface area contributed by atoms with Crippen LogP contribution in [-0.4, -0.2) is 6.04 Å². The molecule has 1 aromatic rings. The predicted octanol–water partition coefficient (Wildman–Crippen LogP) is 2.54. The van der Waals surface area contributed by atoms with Crippen molar-refractivity contribution in [3.05, 3.63) is 22.6 Å². The second kappa shape index (κ2) is 3.93. The summed E-state index contributed by atoms with van der Waals surface area (Å²) in [6, 6.07) is 4.36. The van der Waals surface area contributed by atoms with Gasteiger partial charge in [-0.15, -0.1) is 0 Å². The Morgan fingerprint density at radius 3 is 2.73 bits per heavy atom. The molecule has 2 nitrogen and oxygen atoms in total. The van der Waals surface area contributed by atoms with E-state index in [9.17, 15) is 0 Å². The molecule has 1 aromatic heterocycles. The third-order valence-electron chi connectivity index (χ3n) is 1.31. The van der Waals surface area contributed by atoms with Gasteiger partial charge in [0.1, 0.15) is 5.76 Å². The molecule has 3 heteroatoms. The fourth-order valence-corrected chi connectivity index (χ4v) is 1.09. The van der Waals surface area contributed by atoms with Crippen LogP contribution in [-0.2, 0) is 6.54 Å². The summed E-state index contributed by atoms with van der Waals surface area (Å²) in [5.74, 6) is 0.963. The van der Waals surface area contributed by atoms with E-state index in [1.54, 1.807) is 0 Å². The molecule has 11 heavy (non-hydrogen) atoms. The third kappa shape index (κ3) is 3.08. The summed E-state index contributed by atoms with van der Waals surface area (Å²) in [6.07, 6.45) is 0. The summed E-state index contributed by atoms with van der Waals surface area (Å²) >= 11 is 3.24. The Balaban J connectivity index is 2.39. The van der Waals surface area contributed by atoms with Gasteiger partial charge in [-0.25, -0.2) is 0 Å². The lowest BCUT2D eigenvalue weighted by atomic mass is 10.3. The Morgan fingerprint density at radius 2 is 2.27 bits per heavy atom. The SMILES string of the molecule is CC(C)NCc1ccc(Br)o1. The van der Waals surface area contributed by atoms with Gasteiger partial charge in [-0.2, -0.15) is 0 Å². The van der Waals surface area contributed by atoms with Crippen LogP contribution in [0.1, 0.15) is 19.6 Å². The van der Waals surface area contributed by atoms with Gasteiger partial charge in [0.25, 0.3) is 0 Å². The van der Waals surface area contributed by atoms with Crippen molar-refractivity contribution >= 4 is 15.9 Å². The molecular weight excluding hydrogens is 206 g/mol. The molecule has 0 unspecified atom stereocenters. The van der Waals surface area contributed by atoms with Crippen LogP contribution in [0.4, 0.5) is 0 Å². The Kier molecular flexibility index (Phi) is 3.15. The molecule has 0 bridgehead atoms. The number of hydrogen-bond acceptors (Lipinski definition) is 2. The lowest BCUT2D eigenvalue weighted by Gasteiger charge is -2.04. The maximum atomic E-state index is 5.29. The highest BCUT2D eigenvalue weighted by molar-refractivity contribution is 9.10. The molecular formula is C8H12BrNO. The largest absolute Gasteiger partial charge is 0.453 e. The molecule has 1 heterocycles. The van der Waals surface area contributed by atoms with Crippen LogP contribution >= 0.6 is 15.9 Å². The number of furan rings is 1. The van der Waals surface area contributed by atoms with Gasteiger partial charge >= 0.3 is 0 Å². The van der Waals surface area contributed by atoms with E-state index in [1.165, 1.54) is 0 Å². The normalized spacial score (nSPS) is 10.9. The number of nitrogens with one attached hydrogen (secondary N) is 1. The van der Waals surface area contributed by atoms with E-state index in [4.69, 9.17) is 4.42 Å². The summed E-state index contributed by atoms with van der Waals surface area (Å²) in [7, 11) is 0. The minimum absolute atomic E-state index is 0.499. The van der Waals surface area contributed by atoms with Gasteiger partial charge in [0.2, 0.25) is 0 Å². The van der Waals surface area contributed by atoms with Gasteiger partial charge in [0, 0.05) is 6.04 Å². The molecule has 0 atom stereocenters. The molecule has 0 aliphatic carbocycles. The average Bonchev–Trinajstić information content (AvgIpc) is 2.31.